The predicted octanol–water partition coefficient (Wildman–Crippen LogP) is 2.22. The van der Waals surface area contributed by atoms with Crippen molar-refractivity contribution in [2.45, 2.75) is 13.2 Å². The molecule has 0 radical (unpaired) electrons. The highest BCUT2D eigenvalue weighted by atomic mass is 16.5. The SMILES string of the molecule is COc1ccc(CN(C)c2cccc(CO)n2)cc1. The van der Waals surface area contributed by atoms with E-state index >= 15 is 0 Å². The smallest absolute Gasteiger partial charge is 0.128 e. The molecule has 0 saturated carbocycles. The van der Waals surface area contributed by atoms with E-state index in [1.54, 1.807) is 7.11 Å². The zero-order chi connectivity index (χ0) is 13.7. The number of aromatic nitrogens is 1. The van der Waals surface area contributed by atoms with E-state index in [9.17, 15) is 0 Å². The number of pyridine rings is 1. The minimum atomic E-state index is -0.0375. The average Bonchev–Trinajstić information content (AvgIpc) is 2.48. The third-order valence-corrected chi connectivity index (χ3v) is 2.92. The second-order valence-corrected chi connectivity index (χ2v) is 4.35. The van der Waals surface area contributed by atoms with Gasteiger partial charge in [0.1, 0.15) is 11.6 Å². The van der Waals surface area contributed by atoms with Crippen LogP contribution in [0.15, 0.2) is 42.5 Å². The van der Waals surface area contributed by atoms with Crippen molar-refractivity contribution >= 4 is 5.82 Å². The molecule has 0 saturated heterocycles. The standard InChI is InChI=1S/C15H18N2O2/c1-17(15-5-3-4-13(11-18)16-15)10-12-6-8-14(19-2)9-7-12/h3-9,18H,10-11H2,1-2H3. The molecule has 2 aromatic rings. The summed E-state index contributed by atoms with van der Waals surface area (Å²) in [4.78, 5) is 6.41. The lowest BCUT2D eigenvalue weighted by molar-refractivity contribution is 0.277. The summed E-state index contributed by atoms with van der Waals surface area (Å²) >= 11 is 0. The Hall–Kier alpha value is -2.07. The van der Waals surface area contributed by atoms with E-state index in [-0.39, 0.29) is 6.61 Å². The average molecular weight is 258 g/mol. The number of aliphatic hydroxyl groups excluding tert-OH is 1. The van der Waals surface area contributed by atoms with Gasteiger partial charge in [-0.3, -0.25) is 0 Å². The van der Waals surface area contributed by atoms with Gasteiger partial charge in [-0.05, 0) is 29.8 Å². The molecule has 0 aliphatic rings. The van der Waals surface area contributed by atoms with Crippen LogP contribution in [-0.4, -0.2) is 24.2 Å². The molecule has 0 fully saturated rings. The third-order valence-electron chi connectivity index (χ3n) is 2.92. The van der Waals surface area contributed by atoms with Crippen LogP contribution < -0.4 is 9.64 Å². The Balaban J connectivity index is 2.08. The summed E-state index contributed by atoms with van der Waals surface area (Å²) < 4.78 is 5.14. The molecular formula is C15H18N2O2. The number of methoxy groups -OCH3 is 1. The summed E-state index contributed by atoms with van der Waals surface area (Å²) in [5, 5.41) is 9.10. The lowest BCUT2D eigenvalue weighted by Gasteiger charge is -2.18. The van der Waals surface area contributed by atoms with Crippen LogP contribution in [-0.2, 0) is 13.2 Å². The molecule has 1 N–H and O–H groups in total. The molecule has 0 unspecified atom stereocenters. The normalized spacial score (nSPS) is 10.3. The second-order valence-electron chi connectivity index (χ2n) is 4.35. The lowest BCUT2D eigenvalue weighted by Crippen LogP contribution is -2.18. The van der Waals surface area contributed by atoms with E-state index in [1.165, 1.54) is 5.56 Å². The van der Waals surface area contributed by atoms with Gasteiger partial charge in [-0.25, -0.2) is 4.98 Å². The van der Waals surface area contributed by atoms with E-state index in [0.29, 0.717) is 5.69 Å². The van der Waals surface area contributed by atoms with Crippen LogP contribution in [0.2, 0.25) is 0 Å². The Labute approximate surface area is 113 Å². The highest BCUT2D eigenvalue weighted by molar-refractivity contribution is 5.40. The molecule has 1 aromatic heterocycles. The van der Waals surface area contributed by atoms with Crippen LogP contribution in [0.3, 0.4) is 0 Å². The molecule has 19 heavy (non-hydrogen) atoms. The Kier molecular flexibility index (Phi) is 4.36. The number of nitrogens with zero attached hydrogens (tertiary/aromatic N) is 2. The van der Waals surface area contributed by atoms with Gasteiger partial charge in [-0.1, -0.05) is 18.2 Å². The Morgan fingerprint density at radius 1 is 1.16 bits per heavy atom. The van der Waals surface area contributed by atoms with Gasteiger partial charge in [-0.2, -0.15) is 0 Å². The zero-order valence-corrected chi connectivity index (χ0v) is 11.2. The summed E-state index contributed by atoms with van der Waals surface area (Å²) in [6.07, 6.45) is 0. The maximum Gasteiger partial charge on any atom is 0.128 e. The topological polar surface area (TPSA) is 45.6 Å². The third kappa shape index (κ3) is 3.45. The van der Waals surface area contributed by atoms with Crippen LogP contribution in [0.25, 0.3) is 0 Å². The van der Waals surface area contributed by atoms with Gasteiger partial charge in [0.25, 0.3) is 0 Å². The molecule has 2 rings (SSSR count). The molecular weight excluding hydrogens is 240 g/mol. The minimum absolute atomic E-state index is 0.0375. The summed E-state index contributed by atoms with van der Waals surface area (Å²) in [7, 11) is 3.64. The first-order chi connectivity index (χ1) is 9.22. The van der Waals surface area contributed by atoms with Crippen molar-refractivity contribution in [3.05, 3.63) is 53.7 Å². The molecule has 100 valence electrons. The maximum atomic E-state index is 9.10. The van der Waals surface area contributed by atoms with Crippen LogP contribution in [0.1, 0.15) is 11.3 Å². The van der Waals surface area contributed by atoms with Gasteiger partial charge in [-0.15, -0.1) is 0 Å². The van der Waals surface area contributed by atoms with E-state index in [0.717, 1.165) is 18.1 Å². The van der Waals surface area contributed by atoms with Gasteiger partial charge >= 0.3 is 0 Å². The second kappa shape index (κ2) is 6.20. The minimum Gasteiger partial charge on any atom is -0.497 e. The highest BCUT2D eigenvalue weighted by Crippen LogP contribution is 2.16. The summed E-state index contributed by atoms with van der Waals surface area (Å²) in [6.45, 7) is 0.718. The van der Waals surface area contributed by atoms with Crippen LogP contribution >= 0.6 is 0 Å². The maximum absolute atomic E-state index is 9.10. The first-order valence-electron chi connectivity index (χ1n) is 6.14. The van der Waals surface area contributed by atoms with Gasteiger partial charge in [0.15, 0.2) is 0 Å². The van der Waals surface area contributed by atoms with Crippen molar-refractivity contribution in [1.29, 1.82) is 0 Å². The largest absolute Gasteiger partial charge is 0.497 e. The molecule has 0 bridgehead atoms. The fourth-order valence-electron chi connectivity index (χ4n) is 1.85. The monoisotopic (exact) mass is 258 g/mol. The molecule has 0 amide bonds. The molecule has 0 spiro atoms. The van der Waals surface area contributed by atoms with Crippen LogP contribution in [0, 0.1) is 0 Å². The number of ether oxygens (including phenoxy) is 1. The van der Waals surface area contributed by atoms with E-state index in [2.05, 4.69) is 4.98 Å². The van der Waals surface area contributed by atoms with Crippen molar-refractivity contribution in [3.8, 4) is 5.75 Å². The number of hydrogen-bond acceptors (Lipinski definition) is 4. The Morgan fingerprint density at radius 2 is 1.89 bits per heavy atom. The van der Waals surface area contributed by atoms with Crippen molar-refractivity contribution < 1.29 is 9.84 Å². The van der Waals surface area contributed by atoms with Gasteiger partial charge in [0, 0.05) is 13.6 Å². The summed E-state index contributed by atoms with van der Waals surface area (Å²) in [6, 6.07) is 13.6. The lowest BCUT2D eigenvalue weighted by atomic mass is 10.2. The van der Waals surface area contributed by atoms with Crippen LogP contribution in [0.4, 0.5) is 5.82 Å². The fraction of sp³-hybridized carbons (Fsp3) is 0.267. The molecule has 4 nitrogen and oxygen atoms in total. The van der Waals surface area contributed by atoms with Gasteiger partial charge < -0.3 is 14.7 Å². The molecule has 1 aromatic carbocycles. The summed E-state index contributed by atoms with van der Waals surface area (Å²) in [5.74, 6) is 1.70. The van der Waals surface area contributed by atoms with Crippen LogP contribution in [0.5, 0.6) is 5.75 Å². The van der Waals surface area contributed by atoms with Crippen molar-refractivity contribution in [3.63, 3.8) is 0 Å². The number of rotatable bonds is 5. The first-order valence-corrected chi connectivity index (χ1v) is 6.14. The number of anilines is 1. The zero-order valence-electron chi connectivity index (χ0n) is 11.2. The first kappa shape index (κ1) is 13.4. The number of aliphatic hydroxyl groups is 1. The van der Waals surface area contributed by atoms with E-state index < -0.39 is 0 Å². The molecule has 1 heterocycles. The summed E-state index contributed by atoms with van der Waals surface area (Å²) in [5.41, 5.74) is 1.86. The van der Waals surface area contributed by atoms with Gasteiger partial charge in [0.05, 0.1) is 19.4 Å². The van der Waals surface area contributed by atoms with Gasteiger partial charge in [0.2, 0.25) is 0 Å². The van der Waals surface area contributed by atoms with Crippen molar-refractivity contribution in [1.82, 2.24) is 4.98 Å². The molecule has 0 atom stereocenters. The van der Waals surface area contributed by atoms with E-state index in [1.807, 2.05) is 54.4 Å². The fourth-order valence-corrected chi connectivity index (χ4v) is 1.85. The van der Waals surface area contributed by atoms with Crippen molar-refractivity contribution in [2.24, 2.45) is 0 Å². The molecule has 0 aliphatic carbocycles. The quantitative estimate of drug-likeness (QED) is 0.893. The Bertz CT molecular complexity index is 526. The highest BCUT2D eigenvalue weighted by Gasteiger charge is 2.04. The predicted molar refractivity (Wildman–Crippen MR) is 75.3 cm³/mol. The molecule has 4 heteroatoms. The number of hydrogen-bond donors (Lipinski definition) is 1. The Morgan fingerprint density at radius 3 is 2.53 bits per heavy atom. The number of benzene rings is 1. The molecule has 0 aliphatic heterocycles. The van der Waals surface area contributed by atoms with E-state index in [4.69, 9.17) is 9.84 Å². The van der Waals surface area contributed by atoms with Crippen molar-refractivity contribution in [2.75, 3.05) is 19.1 Å².